The highest BCUT2D eigenvalue weighted by atomic mass is 32.1. The molecule has 1 aromatic carbocycles. The van der Waals surface area contributed by atoms with E-state index in [0.29, 0.717) is 0 Å². The molecular formula is C15H18S. The second-order valence-electron chi connectivity index (χ2n) is 4.56. The zero-order valence-corrected chi connectivity index (χ0v) is 10.8. The summed E-state index contributed by atoms with van der Waals surface area (Å²) in [6, 6.07) is 15.1. The summed E-state index contributed by atoms with van der Waals surface area (Å²) in [6.45, 7) is 4.57. The summed E-state index contributed by atoms with van der Waals surface area (Å²) in [4.78, 5) is 2.90. The highest BCUT2D eigenvalue weighted by Gasteiger charge is 2.03. The molecular weight excluding hydrogens is 212 g/mol. The molecule has 0 atom stereocenters. The van der Waals surface area contributed by atoms with Crippen molar-refractivity contribution in [2.45, 2.75) is 26.7 Å². The number of rotatable bonds is 4. The molecule has 0 aliphatic carbocycles. The summed E-state index contributed by atoms with van der Waals surface area (Å²) in [5.74, 6) is 0.794. The Morgan fingerprint density at radius 2 is 1.75 bits per heavy atom. The van der Waals surface area contributed by atoms with Gasteiger partial charge in [0.25, 0.3) is 0 Å². The minimum atomic E-state index is 0.794. The van der Waals surface area contributed by atoms with Crippen molar-refractivity contribution < 1.29 is 0 Å². The third-order valence-electron chi connectivity index (χ3n) is 2.69. The number of aryl methyl sites for hydroxylation is 1. The first-order valence-electron chi connectivity index (χ1n) is 5.90. The third-order valence-corrected chi connectivity index (χ3v) is 3.88. The minimum absolute atomic E-state index is 0.794. The van der Waals surface area contributed by atoms with E-state index in [1.54, 1.807) is 0 Å². The maximum atomic E-state index is 2.28. The van der Waals surface area contributed by atoms with Crippen molar-refractivity contribution in [2.75, 3.05) is 0 Å². The maximum absolute atomic E-state index is 2.28. The zero-order valence-electron chi connectivity index (χ0n) is 9.94. The van der Waals surface area contributed by atoms with Gasteiger partial charge in [0.1, 0.15) is 0 Å². The molecule has 1 aromatic heterocycles. The van der Waals surface area contributed by atoms with Crippen LogP contribution in [0.1, 0.15) is 25.1 Å². The fourth-order valence-corrected chi connectivity index (χ4v) is 2.73. The van der Waals surface area contributed by atoms with Gasteiger partial charge in [0.15, 0.2) is 0 Å². The lowest BCUT2D eigenvalue weighted by atomic mass is 10.1. The van der Waals surface area contributed by atoms with Gasteiger partial charge in [0, 0.05) is 9.75 Å². The van der Waals surface area contributed by atoms with E-state index in [1.165, 1.54) is 28.2 Å². The monoisotopic (exact) mass is 230 g/mol. The molecule has 16 heavy (non-hydrogen) atoms. The molecule has 0 nitrogen and oxygen atoms in total. The number of benzene rings is 1. The highest BCUT2D eigenvalue weighted by molar-refractivity contribution is 7.15. The van der Waals surface area contributed by atoms with Crippen molar-refractivity contribution in [1.29, 1.82) is 0 Å². The first-order valence-corrected chi connectivity index (χ1v) is 6.71. The fourth-order valence-electron chi connectivity index (χ4n) is 1.70. The van der Waals surface area contributed by atoms with Crippen LogP contribution in [0.25, 0.3) is 10.4 Å². The molecule has 0 aliphatic rings. The normalized spacial score (nSPS) is 10.9. The van der Waals surface area contributed by atoms with Crippen LogP contribution in [0.4, 0.5) is 0 Å². The number of thiophene rings is 1. The van der Waals surface area contributed by atoms with Crippen LogP contribution >= 0.6 is 11.3 Å². The van der Waals surface area contributed by atoms with E-state index in [2.05, 4.69) is 56.3 Å². The van der Waals surface area contributed by atoms with Crippen LogP contribution in [-0.4, -0.2) is 0 Å². The fraction of sp³-hybridized carbons (Fsp3) is 0.333. The smallest absolute Gasteiger partial charge is 0.0345 e. The van der Waals surface area contributed by atoms with Crippen LogP contribution in [0, 0.1) is 5.92 Å². The molecule has 0 saturated carbocycles. The lowest BCUT2D eigenvalue weighted by Crippen LogP contribution is -1.88. The van der Waals surface area contributed by atoms with E-state index < -0.39 is 0 Å². The molecule has 1 heterocycles. The van der Waals surface area contributed by atoms with E-state index in [1.807, 2.05) is 11.3 Å². The molecule has 0 spiro atoms. The van der Waals surface area contributed by atoms with Crippen molar-refractivity contribution in [2.24, 2.45) is 5.92 Å². The largest absolute Gasteiger partial charge is 0.140 e. The Labute approximate surface area is 102 Å². The Kier molecular flexibility index (Phi) is 3.79. The quantitative estimate of drug-likeness (QED) is 0.693. The van der Waals surface area contributed by atoms with E-state index in [4.69, 9.17) is 0 Å². The SMILES string of the molecule is CC(C)CCc1ccc(-c2ccccc2)s1. The highest BCUT2D eigenvalue weighted by Crippen LogP contribution is 2.28. The van der Waals surface area contributed by atoms with Crippen molar-refractivity contribution in [1.82, 2.24) is 0 Å². The van der Waals surface area contributed by atoms with Gasteiger partial charge in [-0.2, -0.15) is 0 Å². The van der Waals surface area contributed by atoms with E-state index in [-0.39, 0.29) is 0 Å². The number of hydrogen-bond acceptors (Lipinski definition) is 1. The average Bonchev–Trinajstić information content (AvgIpc) is 2.76. The molecule has 0 amide bonds. The molecule has 84 valence electrons. The summed E-state index contributed by atoms with van der Waals surface area (Å²) in [6.07, 6.45) is 2.50. The standard InChI is InChI=1S/C15H18S/c1-12(2)8-9-14-10-11-15(16-14)13-6-4-3-5-7-13/h3-7,10-12H,8-9H2,1-2H3. The second kappa shape index (κ2) is 5.31. The predicted octanol–water partition coefficient (Wildman–Crippen LogP) is 5.00. The summed E-state index contributed by atoms with van der Waals surface area (Å²) in [5, 5.41) is 0. The van der Waals surface area contributed by atoms with E-state index >= 15 is 0 Å². The molecule has 0 unspecified atom stereocenters. The average molecular weight is 230 g/mol. The van der Waals surface area contributed by atoms with Crippen LogP contribution < -0.4 is 0 Å². The van der Waals surface area contributed by atoms with Gasteiger partial charge < -0.3 is 0 Å². The van der Waals surface area contributed by atoms with E-state index in [9.17, 15) is 0 Å². The Morgan fingerprint density at radius 3 is 2.44 bits per heavy atom. The minimum Gasteiger partial charge on any atom is -0.140 e. The molecule has 0 bridgehead atoms. The van der Waals surface area contributed by atoms with E-state index in [0.717, 1.165) is 5.92 Å². The first kappa shape index (κ1) is 11.4. The summed E-state index contributed by atoms with van der Waals surface area (Å²) < 4.78 is 0. The number of hydrogen-bond donors (Lipinski definition) is 0. The van der Waals surface area contributed by atoms with Crippen LogP contribution in [0.2, 0.25) is 0 Å². The summed E-state index contributed by atoms with van der Waals surface area (Å²) in [7, 11) is 0. The maximum Gasteiger partial charge on any atom is 0.0345 e. The van der Waals surface area contributed by atoms with Gasteiger partial charge in [-0.3, -0.25) is 0 Å². The van der Waals surface area contributed by atoms with Gasteiger partial charge >= 0.3 is 0 Å². The first-order chi connectivity index (χ1) is 7.75. The van der Waals surface area contributed by atoms with Gasteiger partial charge in [-0.1, -0.05) is 44.2 Å². The Bertz CT molecular complexity index is 426. The summed E-state index contributed by atoms with van der Waals surface area (Å²) in [5.41, 5.74) is 1.34. The molecule has 2 rings (SSSR count). The van der Waals surface area contributed by atoms with Crippen molar-refractivity contribution in [3.8, 4) is 10.4 Å². The Morgan fingerprint density at radius 1 is 1.00 bits per heavy atom. The van der Waals surface area contributed by atoms with Gasteiger partial charge in [0.05, 0.1) is 0 Å². The van der Waals surface area contributed by atoms with Crippen LogP contribution in [-0.2, 0) is 6.42 Å². The third kappa shape index (κ3) is 2.96. The lowest BCUT2D eigenvalue weighted by Gasteiger charge is -2.01. The van der Waals surface area contributed by atoms with Crippen LogP contribution in [0.5, 0.6) is 0 Å². The lowest BCUT2D eigenvalue weighted by molar-refractivity contribution is 0.590. The van der Waals surface area contributed by atoms with Crippen molar-refractivity contribution >= 4 is 11.3 Å². The molecule has 0 N–H and O–H groups in total. The Hall–Kier alpha value is -1.08. The van der Waals surface area contributed by atoms with Crippen molar-refractivity contribution in [3.05, 3.63) is 47.3 Å². The molecule has 0 radical (unpaired) electrons. The van der Waals surface area contributed by atoms with Crippen LogP contribution in [0.3, 0.4) is 0 Å². The van der Waals surface area contributed by atoms with Gasteiger partial charge in [-0.15, -0.1) is 11.3 Å². The second-order valence-corrected chi connectivity index (χ2v) is 5.73. The molecule has 1 heteroatoms. The Balaban J connectivity index is 2.08. The van der Waals surface area contributed by atoms with Crippen LogP contribution in [0.15, 0.2) is 42.5 Å². The molecule has 0 saturated heterocycles. The topological polar surface area (TPSA) is 0 Å². The molecule has 0 aliphatic heterocycles. The predicted molar refractivity (Wildman–Crippen MR) is 72.9 cm³/mol. The zero-order chi connectivity index (χ0) is 11.4. The van der Waals surface area contributed by atoms with Gasteiger partial charge in [-0.05, 0) is 36.5 Å². The van der Waals surface area contributed by atoms with Gasteiger partial charge in [-0.25, -0.2) is 0 Å². The molecule has 2 aromatic rings. The van der Waals surface area contributed by atoms with Crippen molar-refractivity contribution in [3.63, 3.8) is 0 Å². The van der Waals surface area contributed by atoms with Gasteiger partial charge in [0.2, 0.25) is 0 Å². The molecule has 0 fully saturated rings. The summed E-state index contributed by atoms with van der Waals surface area (Å²) >= 11 is 1.93.